The lowest BCUT2D eigenvalue weighted by Gasteiger charge is -2.39. The van der Waals surface area contributed by atoms with Crippen molar-refractivity contribution in [2.24, 2.45) is 0 Å². The fourth-order valence-electron chi connectivity index (χ4n) is 4.24. The van der Waals surface area contributed by atoms with Crippen LogP contribution < -0.4 is 29.1 Å². The molecule has 36 heavy (non-hydrogen) atoms. The molecular weight excluding hydrogens is 480 g/mol. The lowest BCUT2D eigenvalue weighted by Crippen LogP contribution is -2.60. The Hall–Kier alpha value is -3.55. The highest BCUT2D eigenvalue weighted by Crippen LogP contribution is 2.44. The molecule has 0 aliphatic carbocycles. The van der Waals surface area contributed by atoms with E-state index in [0.717, 1.165) is 0 Å². The summed E-state index contributed by atoms with van der Waals surface area (Å²) in [6.07, 6.45) is -6.23. The van der Waals surface area contributed by atoms with E-state index in [1.54, 1.807) is 18.2 Å². The van der Waals surface area contributed by atoms with Gasteiger partial charge in [0, 0.05) is 6.07 Å². The van der Waals surface area contributed by atoms with Gasteiger partial charge in [-0.3, -0.25) is 4.79 Å². The number of rotatable bonds is 6. The van der Waals surface area contributed by atoms with E-state index in [0.29, 0.717) is 17.1 Å². The topological polar surface area (TPSA) is 167 Å². The van der Waals surface area contributed by atoms with Crippen LogP contribution in [0.25, 0.3) is 22.1 Å². The summed E-state index contributed by atoms with van der Waals surface area (Å²) in [5, 5.41) is 39.9. The standard InChI is InChI=1S/C24H24O12/c1-30-22-15(35-24-21(29)20(28)19(27)16(7-25)36-24)6-14-17(23(22)31-2)18(26)11(8-32-14)10-3-4-12-13(5-10)34-9-33-12/h3-6,8,16,19-21,24-25,27-29H,7,9H2,1-2H3/t16-,19+,20-,21-,24+/m0/s1. The monoisotopic (exact) mass is 504 g/mol. The Bertz CT molecular complexity index is 1330. The molecule has 5 atom stereocenters. The average Bonchev–Trinajstić information content (AvgIpc) is 3.36. The minimum atomic E-state index is -1.66. The minimum absolute atomic E-state index is 0.00269. The van der Waals surface area contributed by atoms with Crippen LogP contribution in [0.15, 0.2) is 39.7 Å². The van der Waals surface area contributed by atoms with Crippen LogP contribution in [0.2, 0.25) is 0 Å². The van der Waals surface area contributed by atoms with E-state index in [1.807, 2.05) is 0 Å². The van der Waals surface area contributed by atoms with E-state index in [1.165, 1.54) is 26.5 Å². The lowest BCUT2D eigenvalue weighted by molar-refractivity contribution is -0.277. The molecule has 4 N–H and O–H groups in total. The molecule has 12 heteroatoms. The van der Waals surface area contributed by atoms with Crippen LogP contribution in [0.4, 0.5) is 0 Å². The van der Waals surface area contributed by atoms with Crippen LogP contribution in [0.1, 0.15) is 0 Å². The fraction of sp³-hybridized carbons (Fsp3) is 0.375. The quantitative estimate of drug-likeness (QED) is 0.365. The molecule has 12 nitrogen and oxygen atoms in total. The fourth-order valence-corrected chi connectivity index (χ4v) is 4.24. The summed E-state index contributed by atoms with van der Waals surface area (Å²) in [7, 11) is 2.66. The molecule has 1 saturated heterocycles. The van der Waals surface area contributed by atoms with E-state index in [-0.39, 0.29) is 40.6 Å². The van der Waals surface area contributed by atoms with E-state index in [2.05, 4.69) is 0 Å². The highest BCUT2D eigenvalue weighted by atomic mass is 16.7. The molecule has 0 saturated carbocycles. The van der Waals surface area contributed by atoms with Gasteiger partial charge in [-0.25, -0.2) is 0 Å². The average molecular weight is 504 g/mol. The number of aliphatic hydroxyl groups excluding tert-OH is 4. The number of hydrogen-bond acceptors (Lipinski definition) is 12. The molecular formula is C24H24O12. The molecule has 2 aliphatic rings. The van der Waals surface area contributed by atoms with Gasteiger partial charge in [0.25, 0.3) is 0 Å². The van der Waals surface area contributed by atoms with E-state index in [9.17, 15) is 25.2 Å². The molecule has 5 rings (SSSR count). The first-order chi connectivity index (χ1) is 17.4. The third kappa shape index (κ3) is 3.88. The Morgan fingerprint density at radius 2 is 1.72 bits per heavy atom. The normalized spacial score (nSPS) is 25.1. The van der Waals surface area contributed by atoms with Crippen LogP contribution in [-0.2, 0) is 4.74 Å². The van der Waals surface area contributed by atoms with E-state index >= 15 is 0 Å². The van der Waals surface area contributed by atoms with Crippen LogP contribution >= 0.6 is 0 Å². The van der Waals surface area contributed by atoms with Gasteiger partial charge in [-0.05, 0) is 17.7 Å². The molecule has 0 spiro atoms. The van der Waals surface area contributed by atoms with Gasteiger partial charge >= 0.3 is 0 Å². The number of methoxy groups -OCH3 is 2. The maximum atomic E-state index is 13.5. The van der Waals surface area contributed by atoms with Crippen molar-refractivity contribution in [1.29, 1.82) is 0 Å². The minimum Gasteiger partial charge on any atom is -0.492 e. The lowest BCUT2D eigenvalue weighted by atomic mass is 9.99. The van der Waals surface area contributed by atoms with Crippen LogP contribution in [0, 0.1) is 0 Å². The van der Waals surface area contributed by atoms with Crippen LogP contribution in [-0.4, -0.2) is 78.8 Å². The summed E-state index contributed by atoms with van der Waals surface area (Å²) < 4.78 is 38.6. The Kier molecular flexibility index (Phi) is 6.36. The number of aliphatic hydroxyl groups is 4. The van der Waals surface area contributed by atoms with Crippen molar-refractivity contribution in [2.45, 2.75) is 30.7 Å². The van der Waals surface area contributed by atoms with Crippen molar-refractivity contribution < 1.29 is 53.3 Å². The Morgan fingerprint density at radius 3 is 2.44 bits per heavy atom. The molecule has 3 heterocycles. The molecule has 0 unspecified atom stereocenters. The van der Waals surface area contributed by atoms with Crippen molar-refractivity contribution in [1.82, 2.24) is 0 Å². The maximum Gasteiger partial charge on any atom is 0.231 e. The second kappa shape index (κ2) is 9.48. The molecule has 192 valence electrons. The van der Waals surface area contributed by atoms with Gasteiger partial charge in [-0.1, -0.05) is 6.07 Å². The third-order valence-electron chi connectivity index (χ3n) is 6.12. The Morgan fingerprint density at radius 1 is 0.972 bits per heavy atom. The molecule has 2 aliphatic heterocycles. The van der Waals surface area contributed by atoms with Gasteiger partial charge in [0.05, 0.1) is 26.4 Å². The zero-order valence-electron chi connectivity index (χ0n) is 19.2. The maximum absolute atomic E-state index is 13.5. The van der Waals surface area contributed by atoms with Gasteiger partial charge in [0.2, 0.25) is 24.3 Å². The van der Waals surface area contributed by atoms with Crippen LogP contribution in [0.3, 0.4) is 0 Å². The summed E-state index contributed by atoms with van der Waals surface area (Å²) in [6, 6.07) is 6.41. The molecule has 2 aromatic carbocycles. The third-order valence-corrected chi connectivity index (χ3v) is 6.12. The summed E-state index contributed by atoms with van der Waals surface area (Å²) in [6.45, 7) is -0.534. The van der Waals surface area contributed by atoms with Crippen molar-refractivity contribution in [3.05, 3.63) is 40.8 Å². The highest BCUT2D eigenvalue weighted by molar-refractivity contribution is 5.91. The summed E-state index contributed by atoms with van der Waals surface area (Å²) in [5.41, 5.74) is 0.452. The van der Waals surface area contributed by atoms with Gasteiger partial charge in [0.15, 0.2) is 23.0 Å². The van der Waals surface area contributed by atoms with Gasteiger partial charge in [-0.15, -0.1) is 0 Å². The summed E-state index contributed by atoms with van der Waals surface area (Å²) in [4.78, 5) is 13.5. The SMILES string of the molecule is COc1c(O[C@@H]2O[C@@H](CO)[C@@H](O)[C@H](O)[C@@H]2O)cc2occ(-c3ccc4c(c3)OCO4)c(=O)c2c1OC. The summed E-state index contributed by atoms with van der Waals surface area (Å²) in [5.74, 6) is 1.03. The zero-order chi connectivity index (χ0) is 25.6. The van der Waals surface area contributed by atoms with Gasteiger partial charge in [-0.2, -0.15) is 0 Å². The predicted molar refractivity (Wildman–Crippen MR) is 122 cm³/mol. The molecule has 1 fully saturated rings. The molecule has 0 bridgehead atoms. The molecule has 0 amide bonds. The van der Waals surface area contributed by atoms with Crippen molar-refractivity contribution in [3.8, 4) is 39.9 Å². The first-order valence-electron chi connectivity index (χ1n) is 11.0. The largest absolute Gasteiger partial charge is 0.492 e. The van der Waals surface area contributed by atoms with Crippen molar-refractivity contribution in [2.75, 3.05) is 27.6 Å². The Balaban J connectivity index is 1.58. The number of fused-ring (bicyclic) bond motifs is 2. The summed E-state index contributed by atoms with van der Waals surface area (Å²) >= 11 is 0. The molecule has 3 aromatic rings. The van der Waals surface area contributed by atoms with Crippen molar-refractivity contribution >= 4 is 11.0 Å². The van der Waals surface area contributed by atoms with E-state index in [4.69, 9.17) is 32.8 Å². The first-order valence-corrected chi connectivity index (χ1v) is 11.0. The predicted octanol–water partition coefficient (Wildman–Crippen LogP) is 0.385. The Labute approximate surface area is 203 Å². The van der Waals surface area contributed by atoms with Gasteiger partial charge in [0.1, 0.15) is 41.6 Å². The zero-order valence-corrected chi connectivity index (χ0v) is 19.2. The molecule has 0 radical (unpaired) electrons. The second-order valence-corrected chi connectivity index (χ2v) is 8.18. The van der Waals surface area contributed by atoms with Crippen molar-refractivity contribution in [3.63, 3.8) is 0 Å². The number of hydrogen-bond donors (Lipinski definition) is 4. The second-order valence-electron chi connectivity index (χ2n) is 8.18. The van der Waals surface area contributed by atoms with Crippen LogP contribution in [0.5, 0.6) is 28.7 Å². The number of ether oxygens (including phenoxy) is 6. The first kappa shape index (κ1) is 24.2. The number of benzene rings is 2. The van der Waals surface area contributed by atoms with Gasteiger partial charge < -0.3 is 53.3 Å². The highest BCUT2D eigenvalue weighted by Gasteiger charge is 2.45. The smallest absolute Gasteiger partial charge is 0.231 e. The van der Waals surface area contributed by atoms with E-state index < -0.39 is 42.7 Å². The molecule has 1 aromatic heterocycles.